The molecule has 2 nitrogen and oxygen atoms in total. The van der Waals surface area contributed by atoms with Crippen LogP contribution < -0.4 is 5.32 Å². The minimum Gasteiger partial charge on any atom is -0.383 e. The van der Waals surface area contributed by atoms with Crippen LogP contribution in [0.4, 0.5) is 24.5 Å². The van der Waals surface area contributed by atoms with Crippen LogP contribution in [0.25, 0.3) is 4.85 Å². The average molecular weight is 242 g/mol. The number of anilines is 1. The third-order valence-electron chi connectivity index (χ3n) is 2.45. The fourth-order valence-electron chi connectivity index (χ4n) is 1.34. The van der Waals surface area contributed by atoms with Crippen LogP contribution >= 0.6 is 0 Å². The van der Waals surface area contributed by atoms with Crippen molar-refractivity contribution in [3.8, 4) is 0 Å². The highest BCUT2D eigenvalue weighted by Gasteiger charge is 2.33. The van der Waals surface area contributed by atoms with Gasteiger partial charge in [-0.15, -0.1) is 0 Å². The maximum Gasteiger partial charge on any atom is 0.407 e. The third kappa shape index (κ3) is 3.38. The van der Waals surface area contributed by atoms with Gasteiger partial charge < -0.3 is 5.32 Å². The lowest BCUT2D eigenvalue weighted by molar-refractivity contribution is -0.136. The highest BCUT2D eigenvalue weighted by atomic mass is 19.4. The predicted molar refractivity (Wildman–Crippen MR) is 61.1 cm³/mol. The lowest BCUT2D eigenvalue weighted by Gasteiger charge is -2.15. The molecule has 0 unspecified atom stereocenters. The summed E-state index contributed by atoms with van der Waals surface area (Å²) in [5.41, 5.74) is -0.868. The fourth-order valence-corrected chi connectivity index (χ4v) is 1.34. The summed E-state index contributed by atoms with van der Waals surface area (Å²) in [5.74, 6) is 0. The summed E-state index contributed by atoms with van der Waals surface area (Å²) in [6.45, 7) is 10.5. The molecule has 92 valence electrons. The van der Waals surface area contributed by atoms with Crippen molar-refractivity contribution < 1.29 is 13.2 Å². The second-order valence-corrected chi connectivity index (χ2v) is 3.80. The quantitative estimate of drug-likeness (QED) is 0.773. The predicted octanol–water partition coefficient (Wildman–Crippen LogP) is 4.47. The van der Waals surface area contributed by atoms with Crippen molar-refractivity contribution >= 4 is 11.4 Å². The smallest absolute Gasteiger partial charge is 0.383 e. The van der Waals surface area contributed by atoms with Gasteiger partial charge in [0.2, 0.25) is 0 Å². The second-order valence-electron chi connectivity index (χ2n) is 3.80. The first-order chi connectivity index (χ1) is 7.88. The van der Waals surface area contributed by atoms with Crippen LogP contribution in [0.1, 0.15) is 25.8 Å². The Morgan fingerprint density at radius 2 is 2.06 bits per heavy atom. The molecule has 1 aromatic carbocycles. The molecule has 0 saturated heterocycles. The van der Waals surface area contributed by atoms with Gasteiger partial charge in [0.1, 0.15) is 0 Å². The molecule has 17 heavy (non-hydrogen) atoms. The summed E-state index contributed by atoms with van der Waals surface area (Å²) in [5, 5.41) is 2.95. The van der Waals surface area contributed by atoms with E-state index in [2.05, 4.69) is 10.2 Å². The molecular formula is C12H13F3N2. The Bertz CT molecular complexity index is 432. The Balaban J connectivity index is 3.11. The number of benzene rings is 1. The van der Waals surface area contributed by atoms with Gasteiger partial charge in [0.05, 0.1) is 12.1 Å². The van der Waals surface area contributed by atoms with E-state index in [0.29, 0.717) is 5.69 Å². The van der Waals surface area contributed by atoms with Gasteiger partial charge in [0.25, 0.3) is 0 Å². The summed E-state index contributed by atoms with van der Waals surface area (Å²) >= 11 is 0. The molecule has 0 aliphatic carbocycles. The number of hydrogen-bond donors (Lipinski definition) is 1. The molecule has 0 fully saturated rings. The average Bonchev–Trinajstić information content (AvgIpc) is 2.27. The second kappa shape index (κ2) is 5.09. The van der Waals surface area contributed by atoms with Gasteiger partial charge in [-0.25, -0.2) is 4.85 Å². The number of nitrogens with one attached hydrogen (secondary N) is 1. The maximum absolute atomic E-state index is 12.7. The Labute approximate surface area is 98.3 Å². The zero-order valence-corrected chi connectivity index (χ0v) is 9.60. The standard InChI is InChI=1S/C12H13F3N2/c1-4-8(2)17-9-5-6-11(16-3)10(7-9)12(13,14)15/h5-8,17H,4H2,1-2H3/t8-/m0/s1. The Kier molecular flexibility index (Phi) is 4.00. The van der Waals surface area contributed by atoms with Crippen LogP contribution in [-0.2, 0) is 6.18 Å². The Morgan fingerprint density at radius 1 is 1.41 bits per heavy atom. The molecule has 1 N–H and O–H groups in total. The van der Waals surface area contributed by atoms with Gasteiger partial charge >= 0.3 is 6.18 Å². The van der Waals surface area contributed by atoms with Crippen LogP contribution in [0.2, 0.25) is 0 Å². The molecule has 0 saturated carbocycles. The van der Waals surface area contributed by atoms with E-state index in [1.807, 2.05) is 13.8 Å². The molecule has 0 aliphatic rings. The summed E-state index contributed by atoms with van der Waals surface area (Å²) in [7, 11) is 0. The number of halogens is 3. The molecule has 0 amide bonds. The van der Waals surface area contributed by atoms with Crippen molar-refractivity contribution in [3.63, 3.8) is 0 Å². The van der Waals surface area contributed by atoms with Gasteiger partial charge in [-0.2, -0.15) is 13.2 Å². The lowest BCUT2D eigenvalue weighted by atomic mass is 10.1. The van der Waals surface area contributed by atoms with Crippen molar-refractivity contribution in [1.82, 2.24) is 0 Å². The number of rotatable bonds is 3. The highest BCUT2D eigenvalue weighted by molar-refractivity contribution is 5.61. The van der Waals surface area contributed by atoms with Crippen molar-refractivity contribution in [2.45, 2.75) is 32.5 Å². The summed E-state index contributed by atoms with van der Waals surface area (Å²) in [6, 6.07) is 3.77. The fraction of sp³-hybridized carbons (Fsp3) is 0.417. The first-order valence-electron chi connectivity index (χ1n) is 5.23. The molecule has 1 atom stereocenters. The molecule has 1 aromatic rings. The van der Waals surface area contributed by atoms with Gasteiger partial charge in [-0.1, -0.05) is 13.0 Å². The van der Waals surface area contributed by atoms with Crippen LogP contribution in [0.3, 0.4) is 0 Å². The van der Waals surface area contributed by atoms with Crippen molar-refractivity contribution in [1.29, 1.82) is 0 Å². The van der Waals surface area contributed by atoms with E-state index < -0.39 is 11.7 Å². The van der Waals surface area contributed by atoms with E-state index in [0.717, 1.165) is 12.5 Å². The summed E-state index contributed by atoms with van der Waals surface area (Å²) in [6.07, 6.45) is -3.68. The lowest BCUT2D eigenvalue weighted by Crippen LogP contribution is -2.14. The van der Waals surface area contributed by atoms with E-state index >= 15 is 0 Å². The monoisotopic (exact) mass is 242 g/mol. The van der Waals surface area contributed by atoms with Gasteiger partial charge in [-0.05, 0) is 25.5 Å². The largest absolute Gasteiger partial charge is 0.407 e. The third-order valence-corrected chi connectivity index (χ3v) is 2.45. The molecule has 0 radical (unpaired) electrons. The van der Waals surface area contributed by atoms with E-state index in [-0.39, 0.29) is 11.7 Å². The highest BCUT2D eigenvalue weighted by Crippen LogP contribution is 2.38. The summed E-state index contributed by atoms with van der Waals surface area (Å²) < 4.78 is 38.0. The van der Waals surface area contributed by atoms with E-state index in [9.17, 15) is 13.2 Å². The Hall–Kier alpha value is -1.70. The van der Waals surface area contributed by atoms with Crippen LogP contribution in [-0.4, -0.2) is 6.04 Å². The van der Waals surface area contributed by atoms with Crippen molar-refractivity contribution in [3.05, 3.63) is 35.2 Å². The van der Waals surface area contributed by atoms with E-state index in [1.54, 1.807) is 0 Å². The molecule has 5 heteroatoms. The van der Waals surface area contributed by atoms with E-state index in [4.69, 9.17) is 6.57 Å². The van der Waals surface area contributed by atoms with Gasteiger partial charge in [0.15, 0.2) is 5.69 Å². The van der Waals surface area contributed by atoms with Crippen molar-refractivity contribution in [2.24, 2.45) is 0 Å². The minimum atomic E-state index is -4.49. The van der Waals surface area contributed by atoms with Gasteiger partial charge in [-0.3, -0.25) is 0 Å². The number of alkyl halides is 3. The van der Waals surface area contributed by atoms with Crippen LogP contribution in [0.5, 0.6) is 0 Å². The molecule has 1 rings (SSSR count). The van der Waals surface area contributed by atoms with Crippen LogP contribution in [0, 0.1) is 6.57 Å². The maximum atomic E-state index is 12.7. The van der Waals surface area contributed by atoms with E-state index in [1.165, 1.54) is 12.1 Å². The van der Waals surface area contributed by atoms with Crippen LogP contribution in [0.15, 0.2) is 18.2 Å². The first kappa shape index (κ1) is 13.4. The molecule has 0 heterocycles. The van der Waals surface area contributed by atoms with Gasteiger partial charge in [0, 0.05) is 11.7 Å². The first-order valence-corrected chi connectivity index (χ1v) is 5.23. The summed E-state index contributed by atoms with van der Waals surface area (Å²) in [4.78, 5) is 2.88. The molecule has 0 spiro atoms. The minimum absolute atomic E-state index is 0.0925. The Morgan fingerprint density at radius 3 is 2.53 bits per heavy atom. The molecule has 0 bridgehead atoms. The van der Waals surface area contributed by atoms with Crippen molar-refractivity contribution in [2.75, 3.05) is 5.32 Å². The SMILES string of the molecule is [C-]#[N+]c1ccc(N[C@@H](C)CC)cc1C(F)(F)F. The normalized spacial score (nSPS) is 12.9. The molecule has 0 aliphatic heterocycles. The zero-order valence-electron chi connectivity index (χ0n) is 9.60. The number of nitrogens with zero attached hydrogens (tertiary/aromatic N) is 1. The molecular weight excluding hydrogens is 229 g/mol. The zero-order chi connectivity index (χ0) is 13.1. The number of hydrogen-bond acceptors (Lipinski definition) is 1. The molecule has 0 aromatic heterocycles. The topological polar surface area (TPSA) is 16.4 Å².